The lowest BCUT2D eigenvalue weighted by atomic mass is 10.1. The van der Waals surface area contributed by atoms with E-state index in [0.717, 1.165) is 5.56 Å². The fourth-order valence-corrected chi connectivity index (χ4v) is 1.94. The number of carbonyl (C=O) groups is 1. The highest BCUT2D eigenvalue weighted by molar-refractivity contribution is 6.25. The molecule has 0 aliphatic heterocycles. The van der Waals surface area contributed by atoms with E-state index < -0.39 is 0 Å². The van der Waals surface area contributed by atoms with Crippen LogP contribution >= 0.6 is 0 Å². The van der Waals surface area contributed by atoms with Gasteiger partial charge in [0.25, 0.3) is 5.91 Å². The molecule has 0 atom stereocenters. The molecule has 0 saturated heterocycles. The molecule has 0 spiro atoms. The van der Waals surface area contributed by atoms with E-state index in [1.54, 1.807) is 31.3 Å². The summed E-state index contributed by atoms with van der Waals surface area (Å²) < 4.78 is 0. The van der Waals surface area contributed by atoms with Crippen molar-refractivity contribution in [2.45, 2.75) is 0 Å². The molecule has 2 aromatic carbocycles. The maximum absolute atomic E-state index is 12.4. The summed E-state index contributed by atoms with van der Waals surface area (Å²) in [6.45, 7) is 3.85. The van der Waals surface area contributed by atoms with E-state index in [1.807, 2.05) is 30.3 Å². The van der Waals surface area contributed by atoms with Crippen molar-refractivity contribution in [3.8, 4) is 6.07 Å². The minimum atomic E-state index is -0.223. The molecule has 0 fully saturated rings. The van der Waals surface area contributed by atoms with E-state index in [4.69, 9.17) is 5.26 Å². The molecule has 0 bridgehead atoms. The molecule has 0 radical (unpaired) electrons. The van der Waals surface area contributed by atoms with Crippen LogP contribution in [0.3, 0.4) is 0 Å². The summed E-state index contributed by atoms with van der Waals surface area (Å²) in [7, 11) is 1.65. The minimum Gasteiger partial charge on any atom is -0.310 e. The number of benzene rings is 2. The second-order valence-corrected chi connectivity index (χ2v) is 4.34. The Balaban J connectivity index is 2.30. The van der Waals surface area contributed by atoms with E-state index in [9.17, 15) is 4.79 Å². The highest BCUT2D eigenvalue weighted by Crippen LogP contribution is 2.22. The van der Waals surface area contributed by atoms with Crippen LogP contribution < -0.4 is 4.90 Å². The number of rotatable bonds is 3. The summed E-state index contributed by atoms with van der Waals surface area (Å²) in [5, 5.41) is 9.09. The van der Waals surface area contributed by atoms with Crippen LogP contribution in [-0.4, -0.2) is 13.0 Å². The minimum absolute atomic E-state index is 0.223. The van der Waals surface area contributed by atoms with Crippen LogP contribution in [0.2, 0.25) is 0 Å². The summed E-state index contributed by atoms with van der Waals surface area (Å²) >= 11 is 0. The topological polar surface area (TPSA) is 44.1 Å². The van der Waals surface area contributed by atoms with E-state index in [0.29, 0.717) is 16.8 Å². The molecule has 0 unspecified atom stereocenters. The Hall–Kier alpha value is -2.86. The van der Waals surface area contributed by atoms with Gasteiger partial charge in [-0.2, -0.15) is 5.26 Å². The van der Waals surface area contributed by atoms with Gasteiger partial charge in [-0.05, 0) is 17.7 Å². The second kappa shape index (κ2) is 5.85. The predicted octanol–water partition coefficient (Wildman–Crippen LogP) is 3.23. The van der Waals surface area contributed by atoms with Crippen LogP contribution in [0.5, 0.6) is 0 Å². The third-order valence-electron chi connectivity index (χ3n) is 3.07. The molecule has 98 valence electrons. The van der Waals surface area contributed by atoms with Gasteiger partial charge in [-0.1, -0.05) is 49.0 Å². The van der Waals surface area contributed by atoms with Crippen LogP contribution in [0.25, 0.3) is 5.57 Å². The van der Waals surface area contributed by atoms with Crippen molar-refractivity contribution in [2.24, 2.45) is 0 Å². The number of anilines is 1. The fourth-order valence-electron chi connectivity index (χ4n) is 1.94. The molecule has 2 rings (SSSR count). The zero-order chi connectivity index (χ0) is 14.5. The van der Waals surface area contributed by atoms with Gasteiger partial charge in [0.1, 0.15) is 6.07 Å². The smallest absolute Gasteiger partial charge is 0.258 e. The highest BCUT2D eigenvalue weighted by Gasteiger charge is 2.17. The SMILES string of the molecule is C=C(C(=O)N(C)c1ccccc1C#N)c1ccccc1. The number of likely N-dealkylation sites (N-methyl/N-ethyl adjacent to an activating group) is 1. The molecule has 0 heterocycles. The largest absolute Gasteiger partial charge is 0.310 e. The van der Waals surface area contributed by atoms with Gasteiger partial charge < -0.3 is 4.90 Å². The normalized spacial score (nSPS) is 9.60. The van der Waals surface area contributed by atoms with Gasteiger partial charge in [0.15, 0.2) is 0 Å². The number of carbonyl (C=O) groups excluding carboxylic acids is 1. The van der Waals surface area contributed by atoms with Gasteiger partial charge in [-0.25, -0.2) is 0 Å². The second-order valence-electron chi connectivity index (χ2n) is 4.34. The van der Waals surface area contributed by atoms with Crippen molar-refractivity contribution in [3.63, 3.8) is 0 Å². The molecule has 0 N–H and O–H groups in total. The molecule has 20 heavy (non-hydrogen) atoms. The standard InChI is InChI=1S/C17H14N2O/c1-13(14-8-4-3-5-9-14)17(20)19(2)16-11-7-6-10-15(16)12-18/h3-11H,1H2,2H3. The van der Waals surface area contributed by atoms with Crippen molar-refractivity contribution in [2.75, 3.05) is 11.9 Å². The van der Waals surface area contributed by atoms with Crippen LogP contribution in [0.4, 0.5) is 5.69 Å². The first-order chi connectivity index (χ1) is 9.65. The first kappa shape index (κ1) is 13.6. The quantitative estimate of drug-likeness (QED) is 0.797. The Morgan fingerprint density at radius 3 is 2.35 bits per heavy atom. The van der Waals surface area contributed by atoms with Crippen LogP contribution in [0.15, 0.2) is 61.2 Å². The first-order valence-electron chi connectivity index (χ1n) is 6.16. The van der Waals surface area contributed by atoms with Crippen LogP contribution in [0.1, 0.15) is 11.1 Å². The summed E-state index contributed by atoms with van der Waals surface area (Å²) in [6.07, 6.45) is 0. The first-order valence-corrected chi connectivity index (χ1v) is 6.16. The van der Waals surface area contributed by atoms with Gasteiger partial charge in [0.2, 0.25) is 0 Å². The lowest BCUT2D eigenvalue weighted by Crippen LogP contribution is -2.27. The van der Waals surface area contributed by atoms with Crippen LogP contribution in [-0.2, 0) is 4.79 Å². The summed E-state index contributed by atoms with van der Waals surface area (Å²) in [5.74, 6) is -0.223. The molecular formula is C17H14N2O. The number of nitrogens with zero attached hydrogens (tertiary/aromatic N) is 2. The number of para-hydroxylation sites is 1. The number of hydrogen-bond donors (Lipinski definition) is 0. The van der Waals surface area contributed by atoms with E-state index in [-0.39, 0.29) is 5.91 Å². The van der Waals surface area contributed by atoms with Crippen molar-refractivity contribution >= 4 is 17.2 Å². The molecule has 0 saturated carbocycles. The van der Waals surface area contributed by atoms with Crippen molar-refractivity contribution in [3.05, 3.63) is 72.3 Å². The number of amides is 1. The number of nitriles is 1. The number of hydrogen-bond acceptors (Lipinski definition) is 2. The average Bonchev–Trinajstić information content (AvgIpc) is 2.53. The molecule has 1 amide bonds. The van der Waals surface area contributed by atoms with Gasteiger partial charge in [0, 0.05) is 12.6 Å². The molecule has 2 aromatic rings. The molecule has 3 heteroatoms. The van der Waals surface area contributed by atoms with Gasteiger partial charge in [0.05, 0.1) is 11.3 Å². The van der Waals surface area contributed by atoms with Crippen molar-refractivity contribution < 1.29 is 4.79 Å². The summed E-state index contributed by atoms with van der Waals surface area (Å²) in [6, 6.07) is 18.4. The third-order valence-corrected chi connectivity index (χ3v) is 3.07. The van der Waals surface area contributed by atoms with Crippen molar-refractivity contribution in [1.82, 2.24) is 0 Å². The molecular weight excluding hydrogens is 248 g/mol. The maximum Gasteiger partial charge on any atom is 0.258 e. The van der Waals surface area contributed by atoms with Gasteiger partial charge in [-0.3, -0.25) is 4.79 Å². The van der Waals surface area contributed by atoms with Crippen molar-refractivity contribution in [1.29, 1.82) is 5.26 Å². The Labute approximate surface area is 118 Å². The lowest BCUT2D eigenvalue weighted by Gasteiger charge is -2.19. The highest BCUT2D eigenvalue weighted by atomic mass is 16.2. The fraction of sp³-hybridized carbons (Fsp3) is 0.0588. The molecule has 0 aliphatic rings. The van der Waals surface area contributed by atoms with Gasteiger partial charge in [-0.15, -0.1) is 0 Å². The predicted molar refractivity (Wildman–Crippen MR) is 80.0 cm³/mol. The summed E-state index contributed by atoms with van der Waals surface area (Å²) in [5.41, 5.74) is 2.22. The zero-order valence-corrected chi connectivity index (χ0v) is 11.2. The lowest BCUT2D eigenvalue weighted by molar-refractivity contribution is -0.113. The molecule has 0 aliphatic carbocycles. The average molecular weight is 262 g/mol. The zero-order valence-electron chi connectivity index (χ0n) is 11.2. The van der Waals surface area contributed by atoms with Gasteiger partial charge >= 0.3 is 0 Å². The maximum atomic E-state index is 12.4. The Kier molecular flexibility index (Phi) is 3.97. The molecule has 3 nitrogen and oxygen atoms in total. The molecule has 0 aromatic heterocycles. The third kappa shape index (κ3) is 2.60. The van der Waals surface area contributed by atoms with E-state index in [2.05, 4.69) is 12.6 Å². The Bertz CT molecular complexity index is 684. The Morgan fingerprint density at radius 2 is 1.70 bits per heavy atom. The van der Waals surface area contributed by atoms with Crippen LogP contribution in [0, 0.1) is 11.3 Å². The van der Waals surface area contributed by atoms with E-state index in [1.165, 1.54) is 4.90 Å². The van der Waals surface area contributed by atoms with E-state index >= 15 is 0 Å². The monoisotopic (exact) mass is 262 g/mol. The Morgan fingerprint density at radius 1 is 1.10 bits per heavy atom. The summed E-state index contributed by atoms with van der Waals surface area (Å²) in [4.78, 5) is 13.9.